The summed E-state index contributed by atoms with van der Waals surface area (Å²) in [5.41, 5.74) is 3.21. The molecule has 136 valence electrons. The topological polar surface area (TPSA) is 87.8 Å². The maximum absolute atomic E-state index is 5.33. The average Bonchev–Trinajstić information content (AvgIpc) is 3.12. The molecule has 7 nitrogen and oxygen atoms in total. The summed E-state index contributed by atoms with van der Waals surface area (Å²) < 4.78 is 5.33. The van der Waals surface area contributed by atoms with Crippen LogP contribution in [0, 0.1) is 0 Å². The van der Waals surface area contributed by atoms with Gasteiger partial charge in [0.25, 0.3) is 0 Å². The predicted octanol–water partition coefficient (Wildman–Crippen LogP) is 3.76. The first kappa shape index (κ1) is 16.8. The summed E-state index contributed by atoms with van der Waals surface area (Å²) in [6.45, 7) is 0.745. The van der Waals surface area contributed by atoms with Crippen molar-refractivity contribution in [2.45, 2.75) is 6.42 Å². The fourth-order valence-corrected chi connectivity index (χ4v) is 2.97. The second-order valence-corrected chi connectivity index (χ2v) is 6.03. The van der Waals surface area contributed by atoms with Crippen molar-refractivity contribution in [1.29, 1.82) is 0 Å². The van der Waals surface area contributed by atoms with Crippen molar-refractivity contribution in [2.75, 3.05) is 24.3 Å². The quantitative estimate of drug-likeness (QED) is 0.465. The number of hydrogen-bond donors (Lipinski definition) is 3. The van der Waals surface area contributed by atoms with E-state index in [9.17, 15) is 0 Å². The minimum absolute atomic E-state index is 0.414. The van der Waals surface area contributed by atoms with Crippen LogP contribution in [0.1, 0.15) is 5.56 Å². The smallest absolute Gasteiger partial charge is 0.249 e. The van der Waals surface area contributed by atoms with Crippen LogP contribution >= 0.6 is 0 Å². The number of aromatic amines is 1. The van der Waals surface area contributed by atoms with Gasteiger partial charge in [-0.2, -0.15) is 10.1 Å². The Morgan fingerprint density at radius 3 is 2.85 bits per heavy atom. The molecule has 0 fully saturated rings. The molecular weight excluding hydrogens is 340 g/mol. The van der Waals surface area contributed by atoms with E-state index in [1.807, 2.05) is 30.3 Å². The van der Waals surface area contributed by atoms with Crippen LogP contribution in [0.15, 0.2) is 60.9 Å². The van der Waals surface area contributed by atoms with E-state index in [1.54, 1.807) is 13.3 Å². The molecule has 2 heterocycles. The molecule has 27 heavy (non-hydrogen) atoms. The Morgan fingerprint density at radius 1 is 1.07 bits per heavy atom. The molecule has 4 aromatic rings. The molecule has 4 rings (SSSR count). The van der Waals surface area contributed by atoms with Gasteiger partial charge in [0, 0.05) is 23.6 Å². The van der Waals surface area contributed by atoms with Crippen molar-refractivity contribution >= 4 is 28.4 Å². The van der Waals surface area contributed by atoms with Gasteiger partial charge < -0.3 is 20.4 Å². The van der Waals surface area contributed by atoms with Gasteiger partial charge in [-0.1, -0.05) is 30.3 Å². The minimum Gasteiger partial charge on any atom is -0.495 e. The van der Waals surface area contributed by atoms with Crippen LogP contribution < -0.4 is 15.4 Å². The van der Waals surface area contributed by atoms with Gasteiger partial charge >= 0.3 is 0 Å². The highest BCUT2D eigenvalue weighted by Gasteiger charge is 2.06. The maximum atomic E-state index is 5.33. The molecule has 0 saturated carbocycles. The number of methoxy groups -OCH3 is 1. The molecule has 0 aliphatic heterocycles. The zero-order valence-corrected chi connectivity index (χ0v) is 14.9. The van der Waals surface area contributed by atoms with Crippen LogP contribution in [0.25, 0.3) is 10.9 Å². The van der Waals surface area contributed by atoms with E-state index in [-0.39, 0.29) is 0 Å². The Bertz CT molecular complexity index is 1050. The number of aromatic nitrogens is 4. The summed E-state index contributed by atoms with van der Waals surface area (Å²) in [7, 11) is 1.63. The molecule has 0 aliphatic carbocycles. The van der Waals surface area contributed by atoms with E-state index in [4.69, 9.17) is 4.74 Å². The molecule has 0 bridgehead atoms. The minimum atomic E-state index is 0.414. The Kier molecular flexibility index (Phi) is 4.82. The van der Waals surface area contributed by atoms with E-state index >= 15 is 0 Å². The third kappa shape index (κ3) is 3.82. The summed E-state index contributed by atoms with van der Waals surface area (Å²) in [5, 5.41) is 15.7. The highest BCUT2D eigenvalue weighted by atomic mass is 16.5. The lowest BCUT2D eigenvalue weighted by molar-refractivity contribution is 0.417. The zero-order valence-electron chi connectivity index (χ0n) is 14.9. The maximum Gasteiger partial charge on any atom is 0.249 e. The van der Waals surface area contributed by atoms with Gasteiger partial charge in [-0.05, 0) is 30.2 Å². The van der Waals surface area contributed by atoms with Gasteiger partial charge in [-0.15, -0.1) is 5.10 Å². The van der Waals surface area contributed by atoms with E-state index in [0.29, 0.717) is 11.8 Å². The summed E-state index contributed by atoms with van der Waals surface area (Å²) in [4.78, 5) is 7.76. The van der Waals surface area contributed by atoms with Crippen LogP contribution in [-0.4, -0.2) is 33.8 Å². The van der Waals surface area contributed by atoms with Crippen LogP contribution in [0.4, 0.5) is 17.5 Å². The molecule has 0 radical (unpaired) electrons. The van der Waals surface area contributed by atoms with Crippen LogP contribution in [0.3, 0.4) is 0 Å². The van der Waals surface area contributed by atoms with Crippen molar-refractivity contribution in [3.63, 3.8) is 0 Å². The van der Waals surface area contributed by atoms with Crippen molar-refractivity contribution in [3.8, 4) is 5.75 Å². The number of nitrogens with one attached hydrogen (secondary N) is 3. The van der Waals surface area contributed by atoms with Crippen LogP contribution in [0.5, 0.6) is 5.75 Å². The Labute approximate surface area is 156 Å². The second-order valence-electron chi connectivity index (χ2n) is 6.03. The van der Waals surface area contributed by atoms with Gasteiger partial charge in [-0.25, -0.2) is 0 Å². The van der Waals surface area contributed by atoms with Crippen LogP contribution in [-0.2, 0) is 6.42 Å². The Morgan fingerprint density at radius 2 is 1.93 bits per heavy atom. The number of rotatable bonds is 7. The number of anilines is 3. The first-order valence-corrected chi connectivity index (χ1v) is 8.72. The lowest BCUT2D eigenvalue weighted by Crippen LogP contribution is -2.08. The first-order valence-electron chi connectivity index (χ1n) is 8.72. The van der Waals surface area contributed by atoms with Gasteiger partial charge in [-0.3, -0.25) is 0 Å². The Balaban J connectivity index is 1.41. The molecule has 0 aliphatic rings. The number of H-pyrrole nitrogens is 1. The summed E-state index contributed by atoms with van der Waals surface area (Å²) in [6, 6.07) is 15.9. The van der Waals surface area contributed by atoms with Gasteiger partial charge in [0.1, 0.15) is 5.75 Å². The molecule has 0 spiro atoms. The standard InChI is InChI=1S/C20H20N6O/c1-27-18-9-5-4-8-17(18)24-20-25-19(13-23-26-20)21-11-10-14-12-22-16-7-3-2-6-15(14)16/h2-9,12-13,22H,10-11H2,1H3,(H2,21,24,25,26). The summed E-state index contributed by atoms with van der Waals surface area (Å²) in [5.74, 6) is 1.80. The van der Waals surface area contributed by atoms with Crippen molar-refractivity contribution < 1.29 is 4.74 Å². The summed E-state index contributed by atoms with van der Waals surface area (Å²) >= 11 is 0. The molecule has 0 amide bonds. The van der Waals surface area contributed by atoms with Gasteiger partial charge in [0.05, 0.1) is 19.0 Å². The number of ether oxygens (including phenoxy) is 1. The molecular formula is C20H20N6O. The van der Waals surface area contributed by atoms with Crippen molar-refractivity contribution in [1.82, 2.24) is 20.2 Å². The second kappa shape index (κ2) is 7.74. The zero-order chi connectivity index (χ0) is 18.5. The lowest BCUT2D eigenvalue weighted by Gasteiger charge is -2.10. The molecule has 0 atom stereocenters. The Hall–Kier alpha value is -3.61. The fraction of sp³-hybridized carbons (Fsp3) is 0.150. The van der Waals surface area contributed by atoms with E-state index in [0.717, 1.165) is 29.9 Å². The normalized spacial score (nSPS) is 10.7. The molecule has 3 N–H and O–H groups in total. The third-order valence-electron chi connectivity index (χ3n) is 4.29. The van der Waals surface area contributed by atoms with Gasteiger partial charge in [0.2, 0.25) is 5.95 Å². The number of para-hydroxylation sites is 3. The molecule has 0 saturated heterocycles. The number of benzene rings is 2. The van der Waals surface area contributed by atoms with E-state index in [2.05, 4.69) is 55.2 Å². The molecule has 0 unspecified atom stereocenters. The number of fused-ring (bicyclic) bond motifs is 1. The van der Waals surface area contributed by atoms with Crippen LogP contribution in [0.2, 0.25) is 0 Å². The highest BCUT2D eigenvalue weighted by molar-refractivity contribution is 5.83. The largest absolute Gasteiger partial charge is 0.495 e. The molecule has 7 heteroatoms. The van der Waals surface area contributed by atoms with Crippen molar-refractivity contribution in [3.05, 3.63) is 66.5 Å². The lowest BCUT2D eigenvalue weighted by atomic mass is 10.1. The van der Waals surface area contributed by atoms with Crippen molar-refractivity contribution in [2.24, 2.45) is 0 Å². The number of nitrogens with zero attached hydrogens (tertiary/aromatic N) is 3. The monoisotopic (exact) mass is 360 g/mol. The van der Waals surface area contributed by atoms with E-state index < -0.39 is 0 Å². The summed E-state index contributed by atoms with van der Waals surface area (Å²) in [6.07, 6.45) is 4.55. The van der Waals surface area contributed by atoms with Gasteiger partial charge in [0.15, 0.2) is 5.82 Å². The highest BCUT2D eigenvalue weighted by Crippen LogP contribution is 2.25. The average molecular weight is 360 g/mol. The SMILES string of the molecule is COc1ccccc1Nc1nncc(NCCc2c[nH]c3ccccc23)n1. The predicted molar refractivity (Wildman–Crippen MR) is 107 cm³/mol. The van der Waals surface area contributed by atoms with E-state index in [1.165, 1.54) is 10.9 Å². The number of hydrogen-bond acceptors (Lipinski definition) is 6. The molecule has 2 aromatic carbocycles. The fourth-order valence-electron chi connectivity index (χ4n) is 2.97. The third-order valence-corrected chi connectivity index (χ3v) is 4.29. The first-order chi connectivity index (χ1) is 13.3. The molecule has 2 aromatic heterocycles.